The van der Waals surface area contributed by atoms with Gasteiger partial charge in [0.1, 0.15) is 5.82 Å². The van der Waals surface area contributed by atoms with E-state index in [0.29, 0.717) is 31.7 Å². The van der Waals surface area contributed by atoms with E-state index >= 15 is 0 Å². The molecule has 3 N–H and O–H groups in total. The van der Waals surface area contributed by atoms with Gasteiger partial charge < -0.3 is 9.88 Å². The predicted octanol–water partition coefficient (Wildman–Crippen LogP) is 1.56. The summed E-state index contributed by atoms with van der Waals surface area (Å²) in [5, 5.41) is 11.9. The number of carbonyl (C=O) groups is 2. The summed E-state index contributed by atoms with van der Waals surface area (Å²) in [7, 11) is 0. The van der Waals surface area contributed by atoms with Gasteiger partial charge in [-0.2, -0.15) is 0 Å². The molecule has 4 rings (SSSR count). The molecule has 0 radical (unpaired) electrons. The zero-order chi connectivity index (χ0) is 22.7. The van der Waals surface area contributed by atoms with E-state index in [4.69, 9.17) is 11.6 Å². The highest BCUT2D eigenvalue weighted by atomic mass is 16.5. The molecule has 0 unspecified atom stereocenters. The van der Waals surface area contributed by atoms with Crippen molar-refractivity contribution in [2.24, 2.45) is 5.92 Å². The summed E-state index contributed by atoms with van der Waals surface area (Å²) in [4.78, 5) is 31.3. The minimum atomic E-state index is -0.575. The Morgan fingerprint density at radius 2 is 1.94 bits per heavy atom. The Morgan fingerprint density at radius 1 is 1.19 bits per heavy atom. The van der Waals surface area contributed by atoms with E-state index in [-0.39, 0.29) is 5.91 Å². The molecule has 2 heterocycles. The molecule has 2 aromatic carbocycles. The van der Waals surface area contributed by atoms with Crippen molar-refractivity contribution in [3.63, 3.8) is 0 Å². The van der Waals surface area contributed by atoms with E-state index in [1.54, 1.807) is 17.6 Å². The quantitative estimate of drug-likeness (QED) is 0.313. The van der Waals surface area contributed by atoms with Gasteiger partial charge in [0.05, 0.1) is 29.5 Å². The van der Waals surface area contributed by atoms with E-state index in [1.807, 2.05) is 48.2 Å². The highest BCUT2D eigenvalue weighted by Crippen LogP contribution is 2.19. The number of nitrogens with one attached hydrogen (secondary N) is 2. The fourth-order valence-corrected chi connectivity index (χ4v) is 4.23. The normalized spacial score (nSPS) is 18.4. The molecule has 0 spiro atoms. The molecular formula is C24H25N5O3. The summed E-state index contributed by atoms with van der Waals surface area (Å²) in [5.74, 6) is 2.09. The van der Waals surface area contributed by atoms with E-state index in [9.17, 15) is 9.59 Å². The average molecular weight is 431 g/mol. The number of amides is 2. The van der Waals surface area contributed by atoms with Crippen LogP contribution in [0.15, 0.2) is 48.5 Å². The number of benzene rings is 2. The van der Waals surface area contributed by atoms with Crippen molar-refractivity contribution < 1.29 is 14.8 Å². The zero-order valence-electron chi connectivity index (χ0n) is 17.8. The lowest BCUT2D eigenvalue weighted by atomic mass is 10.0. The van der Waals surface area contributed by atoms with Crippen LogP contribution < -0.4 is 10.8 Å². The van der Waals surface area contributed by atoms with Crippen LogP contribution >= 0.6 is 0 Å². The largest absolute Gasteiger partial charge is 0.347 e. The number of hydroxylamine groups is 1. The number of imidazole rings is 1. The molecule has 32 heavy (non-hydrogen) atoms. The first kappa shape index (κ1) is 21.6. The SMILES string of the molecule is C#CCN1C[C@H](C(=O)NO)[C@H](NC(=O)c2ccc(Cn3c(C)nc4ccccc43)cc2)C1. The molecule has 1 aromatic heterocycles. The highest BCUT2D eigenvalue weighted by molar-refractivity contribution is 5.95. The zero-order valence-corrected chi connectivity index (χ0v) is 17.8. The van der Waals surface area contributed by atoms with Crippen LogP contribution in [0.5, 0.6) is 0 Å². The first-order chi connectivity index (χ1) is 15.5. The van der Waals surface area contributed by atoms with Crippen LogP contribution in [0.3, 0.4) is 0 Å². The molecule has 2 atom stereocenters. The van der Waals surface area contributed by atoms with E-state index in [2.05, 4.69) is 20.8 Å². The lowest BCUT2D eigenvalue weighted by molar-refractivity contribution is -0.133. The molecule has 0 saturated carbocycles. The summed E-state index contributed by atoms with van der Waals surface area (Å²) in [6.07, 6.45) is 5.37. The van der Waals surface area contributed by atoms with Crippen LogP contribution in [0.25, 0.3) is 11.0 Å². The van der Waals surface area contributed by atoms with Gasteiger partial charge in [0.2, 0.25) is 5.91 Å². The third-order valence-electron chi connectivity index (χ3n) is 5.88. The van der Waals surface area contributed by atoms with E-state index in [1.165, 1.54) is 0 Å². The summed E-state index contributed by atoms with van der Waals surface area (Å²) in [5.41, 5.74) is 5.25. The summed E-state index contributed by atoms with van der Waals surface area (Å²) >= 11 is 0. The molecule has 2 amide bonds. The van der Waals surface area contributed by atoms with Gasteiger partial charge in [0.15, 0.2) is 0 Å². The predicted molar refractivity (Wildman–Crippen MR) is 120 cm³/mol. The second kappa shape index (κ2) is 9.22. The molecule has 0 aliphatic carbocycles. The number of carbonyl (C=O) groups excluding carboxylic acids is 2. The molecule has 3 aromatic rings. The van der Waals surface area contributed by atoms with Crippen LogP contribution in [0.2, 0.25) is 0 Å². The molecule has 1 saturated heterocycles. The molecule has 1 aliphatic rings. The van der Waals surface area contributed by atoms with Crippen LogP contribution in [0, 0.1) is 25.2 Å². The number of fused-ring (bicyclic) bond motifs is 1. The standard InChI is InChI=1S/C24H25N5O3/c1-3-12-28-14-19(24(31)27-32)21(15-28)26-23(30)18-10-8-17(9-11-18)13-29-16(2)25-20-6-4-5-7-22(20)29/h1,4-11,19,21,32H,12-15H2,2H3,(H,26,30)(H,27,31)/t19-,21+/m0/s1. The average Bonchev–Trinajstić information content (AvgIpc) is 3.34. The number of aromatic nitrogens is 2. The number of aryl methyl sites for hydroxylation is 1. The van der Waals surface area contributed by atoms with Crippen LogP contribution in [0.4, 0.5) is 0 Å². The second-order valence-corrected chi connectivity index (χ2v) is 7.99. The maximum atomic E-state index is 12.8. The van der Waals surface area contributed by atoms with Gasteiger partial charge in [-0.05, 0) is 36.8 Å². The molecule has 8 heteroatoms. The smallest absolute Gasteiger partial charge is 0.251 e. The third-order valence-corrected chi connectivity index (χ3v) is 5.88. The van der Waals surface area contributed by atoms with Crippen molar-refractivity contribution in [3.8, 4) is 12.3 Å². The van der Waals surface area contributed by atoms with Crippen molar-refractivity contribution in [2.45, 2.75) is 19.5 Å². The van der Waals surface area contributed by atoms with Crippen molar-refractivity contribution in [1.82, 2.24) is 25.2 Å². The maximum absolute atomic E-state index is 12.8. The van der Waals surface area contributed by atoms with Gasteiger partial charge in [-0.15, -0.1) is 6.42 Å². The minimum Gasteiger partial charge on any atom is -0.347 e. The molecule has 1 aliphatic heterocycles. The molecule has 0 bridgehead atoms. The van der Waals surface area contributed by atoms with Gasteiger partial charge >= 0.3 is 0 Å². The monoisotopic (exact) mass is 431 g/mol. The Hall–Kier alpha value is -3.67. The Labute approximate surface area is 186 Å². The number of likely N-dealkylation sites (tertiary alicyclic amines) is 1. The molecule has 8 nitrogen and oxygen atoms in total. The summed E-state index contributed by atoms with van der Waals surface area (Å²) < 4.78 is 2.14. The van der Waals surface area contributed by atoms with E-state index in [0.717, 1.165) is 22.4 Å². The maximum Gasteiger partial charge on any atom is 0.251 e. The molecule has 1 fully saturated rings. The van der Waals surface area contributed by atoms with Crippen LogP contribution in [-0.2, 0) is 11.3 Å². The van der Waals surface area contributed by atoms with Gasteiger partial charge in [-0.3, -0.25) is 19.7 Å². The number of para-hydroxylation sites is 2. The first-order valence-electron chi connectivity index (χ1n) is 10.4. The lowest BCUT2D eigenvalue weighted by Gasteiger charge is -2.18. The number of rotatable bonds is 6. The number of hydrogen-bond donors (Lipinski definition) is 3. The Morgan fingerprint density at radius 3 is 2.66 bits per heavy atom. The van der Waals surface area contributed by atoms with E-state index < -0.39 is 17.9 Å². The van der Waals surface area contributed by atoms with Crippen molar-refractivity contribution in [3.05, 3.63) is 65.5 Å². The van der Waals surface area contributed by atoms with Crippen LogP contribution in [-0.4, -0.2) is 57.1 Å². The summed E-state index contributed by atoms with van der Waals surface area (Å²) in [6, 6.07) is 14.9. The summed E-state index contributed by atoms with van der Waals surface area (Å²) in [6.45, 7) is 3.82. The van der Waals surface area contributed by atoms with Crippen molar-refractivity contribution in [2.75, 3.05) is 19.6 Å². The number of hydrogen-bond acceptors (Lipinski definition) is 5. The Bertz CT molecular complexity index is 1180. The molecular weight excluding hydrogens is 406 g/mol. The van der Waals surface area contributed by atoms with Crippen molar-refractivity contribution >= 4 is 22.8 Å². The molecule has 164 valence electrons. The van der Waals surface area contributed by atoms with Gasteiger partial charge in [-0.1, -0.05) is 30.2 Å². The topological polar surface area (TPSA) is 99.5 Å². The van der Waals surface area contributed by atoms with Crippen LogP contribution in [0.1, 0.15) is 21.7 Å². The Kier molecular flexibility index (Phi) is 6.21. The first-order valence-corrected chi connectivity index (χ1v) is 10.4. The second-order valence-electron chi connectivity index (χ2n) is 7.99. The third kappa shape index (κ3) is 4.35. The number of terminal acetylenes is 1. The minimum absolute atomic E-state index is 0.274. The number of nitrogens with zero attached hydrogens (tertiary/aromatic N) is 3. The highest BCUT2D eigenvalue weighted by Gasteiger charge is 2.38. The fraction of sp³-hybridized carbons (Fsp3) is 0.292. The Balaban J connectivity index is 1.45. The van der Waals surface area contributed by atoms with Gasteiger partial charge in [-0.25, -0.2) is 10.5 Å². The fourth-order valence-electron chi connectivity index (χ4n) is 4.23. The van der Waals surface area contributed by atoms with Gasteiger partial charge in [0, 0.05) is 25.2 Å². The lowest BCUT2D eigenvalue weighted by Crippen LogP contribution is -2.45. The van der Waals surface area contributed by atoms with Gasteiger partial charge in [0.25, 0.3) is 5.91 Å². The van der Waals surface area contributed by atoms with Crippen molar-refractivity contribution in [1.29, 1.82) is 0 Å².